The standard InChI is InChI=1S/C8H9N3O/c1-7-5-10-11(12-7)8-3-2-4-9-6-8/h2-6,10H,1H3. The van der Waals surface area contributed by atoms with E-state index in [4.69, 9.17) is 4.84 Å². The highest BCUT2D eigenvalue weighted by atomic mass is 16.7. The maximum absolute atomic E-state index is 5.29. The SMILES string of the molecule is CC1=CNN(c2cccnc2)O1. The molecule has 1 aromatic heterocycles. The summed E-state index contributed by atoms with van der Waals surface area (Å²) < 4.78 is 0. The Kier molecular flexibility index (Phi) is 1.59. The van der Waals surface area contributed by atoms with Gasteiger partial charge in [0.1, 0.15) is 11.4 Å². The summed E-state index contributed by atoms with van der Waals surface area (Å²) in [6.45, 7) is 1.88. The van der Waals surface area contributed by atoms with Gasteiger partial charge < -0.3 is 4.84 Å². The topological polar surface area (TPSA) is 37.4 Å². The van der Waals surface area contributed by atoms with E-state index in [1.165, 1.54) is 0 Å². The van der Waals surface area contributed by atoms with Gasteiger partial charge in [0.05, 0.1) is 12.4 Å². The molecule has 1 N–H and O–H groups in total. The fraction of sp³-hybridized carbons (Fsp3) is 0.125. The molecule has 0 radical (unpaired) electrons. The molecule has 0 saturated carbocycles. The lowest BCUT2D eigenvalue weighted by Gasteiger charge is -2.16. The second kappa shape index (κ2) is 2.73. The number of anilines is 1. The van der Waals surface area contributed by atoms with Gasteiger partial charge in [0, 0.05) is 6.20 Å². The molecule has 1 aliphatic rings. The lowest BCUT2D eigenvalue weighted by Crippen LogP contribution is -2.28. The molecule has 0 amide bonds. The normalized spacial score (nSPS) is 15.1. The largest absolute Gasteiger partial charge is 0.362 e. The summed E-state index contributed by atoms with van der Waals surface area (Å²) in [5.41, 5.74) is 3.81. The summed E-state index contributed by atoms with van der Waals surface area (Å²) in [7, 11) is 0. The summed E-state index contributed by atoms with van der Waals surface area (Å²) in [4.78, 5) is 9.26. The van der Waals surface area contributed by atoms with Crippen molar-refractivity contribution >= 4 is 5.69 Å². The molecule has 0 aromatic carbocycles. The first kappa shape index (κ1) is 6.97. The molecule has 2 heterocycles. The molecule has 2 rings (SSSR count). The van der Waals surface area contributed by atoms with E-state index in [-0.39, 0.29) is 0 Å². The van der Waals surface area contributed by atoms with Gasteiger partial charge in [0.25, 0.3) is 0 Å². The van der Waals surface area contributed by atoms with Gasteiger partial charge in [-0.1, -0.05) is 0 Å². The Labute approximate surface area is 70.4 Å². The van der Waals surface area contributed by atoms with Crippen LogP contribution in [0.5, 0.6) is 0 Å². The third-order valence-corrected chi connectivity index (χ3v) is 1.50. The van der Waals surface area contributed by atoms with E-state index < -0.39 is 0 Å². The molecule has 0 unspecified atom stereocenters. The van der Waals surface area contributed by atoms with Crippen molar-refractivity contribution in [3.63, 3.8) is 0 Å². The number of allylic oxidation sites excluding steroid dienone is 1. The number of aromatic nitrogens is 1. The van der Waals surface area contributed by atoms with Gasteiger partial charge >= 0.3 is 0 Å². The van der Waals surface area contributed by atoms with Crippen molar-refractivity contribution in [1.29, 1.82) is 0 Å². The maximum atomic E-state index is 5.29. The van der Waals surface area contributed by atoms with Gasteiger partial charge in [0.2, 0.25) is 0 Å². The Morgan fingerprint density at radius 1 is 1.58 bits per heavy atom. The van der Waals surface area contributed by atoms with E-state index in [2.05, 4.69) is 10.4 Å². The number of nitrogens with zero attached hydrogens (tertiary/aromatic N) is 2. The lowest BCUT2D eigenvalue weighted by molar-refractivity contribution is 0.192. The van der Waals surface area contributed by atoms with Gasteiger partial charge in [0.15, 0.2) is 0 Å². The monoisotopic (exact) mass is 163 g/mol. The van der Waals surface area contributed by atoms with Crippen molar-refractivity contribution in [2.75, 3.05) is 5.17 Å². The summed E-state index contributed by atoms with van der Waals surface area (Å²) in [6, 6.07) is 3.76. The molecule has 0 saturated heterocycles. The van der Waals surface area contributed by atoms with Crippen LogP contribution in [0.15, 0.2) is 36.5 Å². The molecule has 0 atom stereocenters. The molecule has 4 heteroatoms. The Bertz CT molecular complexity index is 296. The number of pyridine rings is 1. The molecule has 4 nitrogen and oxygen atoms in total. The second-order valence-corrected chi connectivity index (χ2v) is 2.48. The van der Waals surface area contributed by atoms with Crippen LogP contribution in [-0.2, 0) is 4.84 Å². The molecule has 0 fully saturated rings. The molecule has 0 bridgehead atoms. The van der Waals surface area contributed by atoms with Gasteiger partial charge in [-0.15, -0.1) is 5.17 Å². The Hall–Kier alpha value is -1.71. The first-order valence-electron chi connectivity index (χ1n) is 3.67. The number of rotatable bonds is 1. The van der Waals surface area contributed by atoms with Crippen LogP contribution in [0.2, 0.25) is 0 Å². The molecule has 0 spiro atoms. The Balaban J connectivity index is 2.14. The van der Waals surface area contributed by atoms with Crippen LogP contribution >= 0.6 is 0 Å². The number of hydrogen-bond acceptors (Lipinski definition) is 4. The summed E-state index contributed by atoms with van der Waals surface area (Å²) >= 11 is 0. The summed E-state index contributed by atoms with van der Waals surface area (Å²) in [5.74, 6) is 0.832. The van der Waals surface area contributed by atoms with E-state index in [1.807, 2.05) is 19.1 Å². The minimum absolute atomic E-state index is 0.832. The van der Waals surface area contributed by atoms with E-state index >= 15 is 0 Å². The molecular formula is C8H9N3O. The zero-order chi connectivity index (χ0) is 8.39. The van der Waals surface area contributed by atoms with Crippen molar-refractivity contribution in [2.45, 2.75) is 6.92 Å². The quantitative estimate of drug-likeness (QED) is 0.675. The van der Waals surface area contributed by atoms with Crippen LogP contribution < -0.4 is 10.6 Å². The summed E-state index contributed by atoms with van der Waals surface area (Å²) in [6.07, 6.45) is 5.23. The smallest absolute Gasteiger partial charge is 0.149 e. The van der Waals surface area contributed by atoms with Gasteiger partial charge in [-0.05, 0) is 19.1 Å². The average Bonchev–Trinajstić information content (AvgIpc) is 2.54. The van der Waals surface area contributed by atoms with E-state index in [0.717, 1.165) is 11.4 Å². The van der Waals surface area contributed by atoms with Crippen LogP contribution in [-0.4, -0.2) is 4.98 Å². The van der Waals surface area contributed by atoms with E-state index in [9.17, 15) is 0 Å². The Morgan fingerprint density at radius 3 is 3.08 bits per heavy atom. The molecule has 62 valence electrons. The number of hydrogen-bond donors (Lipinski definition) is 1. The van der Waals surface area contributed by atoms with Crippen LogP contribution in [0, 0.1) is 0 Å². The van der Waals surface area contributed by atoms with Crippen molar-refractivity contribution < 1.29 is 4.84 Å². The third kappa shape index (κ3) is 1.18. The van der Waals surface area contributed by atoms with Crippen molar-refractivity contribution in [1.82, 2.24) is 10.4 Å². The van der Waals surface area contributed by atoms with E-state index in [0.29, 0.717) is 0 Å². The van der Waals surface area contributed by atoms with Crippen LogP contribution in [0.3, 0.4) is 0 Å². The highest BCUT2D eigenvalue weighted by molar-refractivity contribution is 5.41. The van der Waals surface area contributed by atoms with Crippen molar-refractivity contribution in [3.05, 3.63) is 36.5 Å². The van der Waals surface area contributed by atoms with Gasteiger partial charge in [-0.25, -0.2) is 0 Å². The molecular weight excluding hydrogens is 154 g/mol. The minimum atomic E-state index is 0.832. The first-order chi connectivity index (χ1) is 5.86. The van der Waals surface area contributed by atoms with Crippen LogP contribution in [0.4, 0.5) is 5.69 Å². The molecule has 0 aliphatic carbocycles. The lowest BCUT2D eigenvalue weighted by atomic mass is 10.4. The molecule has 1 aliphatic heterocycles. The third-order valence-electron chi connectivity index (χ3n) is 1.50. The summed E-state index contributed by atoms with van der Waals surface area (Å²) in [5, 5.41) is 1.56. The predicted molar refractivity (Wildman–Crippen MR) is 44.7 cm³/mol. The fourth-order valence-electron chi connectivity index (χ4n) is 0.947. The zero-order valence-corrected chi connectivity index (χ0v) is 6.69. The predicted octanol–water partition coefficient (Wildman–Crippen LogP) is 1.20. The van der Waals surface area contributed by atoms with E-state index in [1.54, 1.807) is 23.8 Å². The first-order valence-corrected chi connectivity index (χ1v) is 3.67. The molecule has 12 heavy (non-hydrogen) atoms. The maximum Gasteiger partial charge on any atom is 0.149 e. The highest BCUT2D eigenvalue weighted by Gasteiger charge is 2.11. The van der Waals surface area contributed by atoms with Crippen molar-refractivity contribution in [3.8, 4) is 0 Å². The van der Waals surface area contributed by atoms with Crippen molar-refractivity contribution in [2.24, 2.45) is 0 Å². The van der Waals surface area contributed by atoms with Crippen LogP contribution in [0.1, 0.15) is 6.92 Å². The zero-order valence-electron chi connectivity index (χ0n) is 6.69. The highest BCUT2D eigenvalue weighted by Crippen LogP contribution is 2.15. The minimum Gasteiger partial charge on any atom is -0.362 e. The fourth-order valence-corrected chi connectivity index (χ4v) is 0.947. The Morgan fingerprint density at radius 2 is 2.50 bits per heavy atom. The van der Waals surface area contributed by atoms with Gasteiger partial charge in [-0.2, -0.15) is 0 Å². The molecule has 1 aromatic rings. The van der Waals surface area contributed by atoms with Gasteiger partial charge in [-0.3, -0.25) is 10.4 Å². The second-order valence-electron chi connectivity index (χ2n) is 2.48. The van der Waals surface area contributed by atoms with Crippen LogP contribution in [0.25, 0.3) is 0 Å². The number of hydrazine groups is 1. The average molecular weight is 163 g/mol. The number of nitrogens with one attached hydrogen (secondary N) is 1.